The first-order valence-electron chi connectivity index (χ1n) is 8.48. The molecule has 2 aromatic rings. The van der Waals surface area contributed by atoms with Crippen LogP contribution in [0.25, 0.3) is 0 Å². The first kappa shape index (κ1) is 17.0. The Hall–Kier alpha value is -2.82. The minimum absolute atomic E-state index is 0.0886. The number of aryl methyl sites for hydroxylation is 1. The molecule has 5 heteroatoms. The van der Waals surface area contributed by atoms with Gasteiger partial charge in [0.1, 0.15) is 5.75 Å². The van der Waals surface area contributed by atoms with Gasteiger partial charge in [0.05, 0.1) is 11.4 Å². The molecule has 130 valence electrons. The number of nitrogens with one attached hydrogen (secondary N) is 1. The van der Waals surface area contributed by atoms with Crippen molar-refractivity contribution < 1.29 is 14.3 Å². The van der Waals surface area contributed by atoms with Crippen molar-refractivity contribution >= 4 is 23.2 Å². The van der Waals surface area contributed by atoms with E-state index in [0.717, 1.165) is 17.7 Å². The lowest BCUT2D eigenvalue weighted by molar-refractivity contribution is -0.122. The van der Waals surface area contributed by atoms with Crippen LogP contribution in [0.2, 0.25) is 0 Å². The van der Waals surface area contributed by atoms with E-state index in [1.807, 2.05) is 49.4 Å². The van der Waals surface area contributed by atoms with E-state index in [4.69, 9.17) is 4.74 Å². The molecule has 1 aliphatic rings. The van der Waals surface area contributed by atoms with E-state index in [9.17, 15) is 9.59 Å². The van der Waals surface area contributed by atoms with Crippen molar-refractivity contribution in [3.63, 3.8) is 0 Å². The highest BCUT2D eigenvalue weighted by molar-refractivity contribution is 6.03. The summed E-state index contributed by atoms with van der Waals surface area (Å²) < 4.78 is 5.70. The number of hydrogen-bond donors (Lipinski definition) is 1. The largest absolute Gasteiger partial charge is 0.481 e. The van der Waals surface area contributed by atoms with E-state index < -0.39 is 6.10 Å². The molecule has 2 aromatic carbocycles. The van der Waals surface area contributed by atoms with Gasteiger partial charge in [-0.3, -0.25) is 9.59 Å². The Balaban J connectivity index is 1.70. The van der Waals surface area contributed by atoms with Crippen LogP contribution in [0.3, 0.4) is 0 Å². The molecule has 0 bridgehead atoms. The van der Waals surface area contributed by atoms with Crippen LogP contribution in [0.5, 0.6) is 5.75 Å². The van der Waals surface area contributed by atoms with Crippen LogP contribution in [0.4, 0.5) is 11.4 Å². The third-order valence-corrected chi connectivity index (χ3v) is 4.23. The fraction of sp³-hybridized carbons (Fsp3) is 0.300. The Morgan fingerprint density at radius 3 is 2.56 bits per heavy atom. The molecule has 3 rings (SSSR count). The monoisotopic (exact) mass is 338 g/mol. The summed E-state index contributed by atoms with van der Waals surface area (Å²) in [5, 5.41) is 2.88. The SMILES string of the molecule is Cc1ccc(O[C@@H](C)C(=O)Nc2ccccc2N2CCCC2=O)cc1. The molecule has 1 N–H and O–H groups in total. The average Bonchev–Trinajstić information content (AvgIpc) is 3.03. The molecular weight excluding hydrogens is 316 g/mol. The van der Waals surface area contributed by atoms with Gasteiger partial charge in [-0.1, -0.05) is 29.8 Å². The Bertz CT molecular complexity index is 771. The number of nitrogens with zero attached hydrogens (tertiary/aromatic N) is 1. The molecule has 1 aliphatic heterocycles. The molecule has 0 saturated carbocycles. The van der Waals surface area contributed by atoms with Crippen molar-refractivity contribution in [2.75, 3.05) is 16.8 Å². The summed E-state index contributed by atoms with van der Waals surface area (Å²) >= 11 is 0. The minimum Gasteiger partial charge on any atom is -0.481 e. The van der Waals surface area contributed by atoms with Gasteiger partial charge in [0.15, 0.2) is 6.10 Å². The molecule has 1 fully saturated rings. The highest BCUT2D eigenvalue weighted by Gasteiger charge is 2.25. The summed E-state index contributed by atoms with van der Waals surface area (Å²) in [6.07, 6.45) is 0.744. The number of benzene rings is 2. The highest BCUT2D eigenvalue weighted by Crippen LogP contribution is 2.29. The van der Waals surface area contributed by atoms with Gasteiger partial charge in [-0.2, -0.15) is 0 Å². The van der Waals surface area contributed by atoms with Crippen LogP contribution in [-0.4, -0.2) is 24.5 Å². The van der Waals surface area contributed by atoms with E-state index in [0.29, 0.717) is 24.4 Å². The summed E-state index contributed by atoms with van der Waals surface area (Å²) in [5.74, 6) is 0.488. The summed E-state index contributed by atoms with van der Waals surface area (Å²) in [6, 6.07) is 14.9. The van der Waals surface area contributed by atoms with Gasteiger partial charge in [0.25, 0.3) is 5.91 Å². The van der Waals surface area contributed by atoms with E-state index in [-0.39, 0.29) is 11.8 Å². The summed E-state index contributed by atoms with van der Waals surface area (Å²) in [7, 11) is 0. The number of hydrogen-bond acceptors (Lipinski definition) is 3. The average molecular weight is 338 g/mol. The zero-order chi connectivity index (χ0) is 17.8. The van der Waals surface area contributed by atoms with E-state index >= 15 is 0 Å². The molecule has 0 aromatic heterocycles. The standard InChI is InChI=1S/C20H22N2O3/c1-14-9-11-16(12-10-14)25-15(2)20(24)21-17-6-3-4-7-18(17)22-13-5-8-19(22)23/h3-4,6-7,9-12,15H,5,8,13H2,1-2H3,(H,21,24)/t15-/m0/s1. The summed E-state index contributed by atoms with van der Waals surface area (Å²) in [5.41, 5.74) is 2.50. The van der Waals surface area contributed by atoms with Gasteiger partial charge >= 0.3 is 0 Å². The van der Waals surface area contributed by atoms with Crippen LogP contribution in [-0.2, 0) is 9.59 Å². The number of para-hydroxylation sites is 2. The summed E-state index contributed by atoms with van der Waals surface area (Å²) in [4.78, 5) is 26.2. The Kier molecular flexibility index (Phi) is 5.03. The van der Waals surface area contributed by atoms with Crippen LogP contribution in [0, 0.1) is 6.92 Å². The van der Waals surface area contributed by atoms with Gasteiger partial charge in [0.2, 0.25) is 5.91 Å². The first-order chi connectivity index (χ1) is 12.0. The van der Waals surface area contributed by atoms with Crippen molar-refractivity contribution in [1.82, 2.24) is 0 Å². The van der Waals surface area contributed by atoms with E-state index in [1.165, 1.54) is 0 Å². The van der Waals surface area contributed by atoms with Crippen LogP contribution in [0.1, 0.15) is 25.3 Å². The van der Waals surface area contributed by atoms with Crippen molar-refractivity contribution in [1.29, 1.82) is 0 Å². The molecule has 0 radical (unpaired) electrons. The van der Waals surface area contributed by atoms with Crippen LogP contribution >= 0.6 is 0 Å². The Morgan fingerprint density at radius 1 is 1.16 bits per heavy atom. The first-order valence-corrected chi connectivity index (χ1v) is 8.48. The number of rotatable bonds is 5. The molecular formula is C20H22N2O3. The maximum absolute atomic E-state index is 12.5. The third-order valence-electron chi connectivity index (χ3n) is 4.23. The second-order valence-electron chi connectivity index (χ2n) is 6.23. The van der Waals surface area contributed by atoms with E-state index in [1.54, 1.807) is 17.9 Å². The normalized spacial score (nSPS) is 15.1. The highest BCUT2D eigenvalue weighted by atomic mass is 16.5. The number of carbonyl (C=O) groups excluding carboxylic acids is 2. The maximum Gasteiger partial charge on any atom is 0.265 e. The maximum atomic E-state index is 12.5. The quantitative estimate of drug-likeness (QED) is 0.907. The molecule has 1 atom stereocenters. The number of amides is 2. The van der Waals surface area contributed by atoms with Crippen molar-refractivity contribution in [2.45, 2.75) is 32.8 Å². The molecule has 25 heavy (non-hydrogen) atoms. The topological polar surface area (TPSA) is 58.6 Å². The fourth-order valence-corrected chi connectivity index (χ4v) is 2.83. The molecule has 5 nitrogen and oxygen atoms in total. The van der Waals surface area contributed by atoms with Gasteiger partial charge < -0.3 is 15.0 Å². The molecule has 2 amide bonds. The minimum atomic E-state index is -0.648. The predicted octanol–water partition coefficient (Wildman–Crippen LogP) is 3.53. The van der Waals surface area contributed by atoms with Crippen molar-refractivity contribution in [2.24, 2.45) is 0 Å². The van der Waals surface area contributed by atoms with Crippen molar-refractivity contribution in [3.8, 4) is 5.75 Å². The second-order valence-corrected chi connectivity index (χ2v) is 6.23. The van der Waals surface area contributed by atoms with Gasteiger partial charge in [-0.05, 0) is 44.5 Å². The molecule has 1 heterocycles. The second kappa shape index (κ2) is 7.38. The molecule has 0 aliphatic carbocycles. The Morgan fingerprint density at radius 2 is 1.88 bits per heavy atom. The van der Waals surface area contributed by atoms with Crippen LogP contribution < -0.4 is 15.0 Å². The zero-order valence-electron chi connectivity index (χ0n) is 14.5. The molecule has 0 spiro atoms. The van der Waals surface area contributed by atoms with Crippen LogP contribution in [0.15, 0.2) is 48.5 Å². The fourth-order valence-electron chi connectivity index (χ4n) is 2.83. The number of carbonyl (C=O) groups is 2. The number of ether oxygens (including phenoxy) is 1. The zero-order valence-corrected chi connectivity index (χ0v) is 14.5. The predicted molar refractivity (Wildman–Crippen MR) is 97.9 cm³/mol. The molecule has 0 unspecified atom stereocenters. The van der Waals surface area contributed by atoms with Gasteiger partial charge in [0, 0.05) is 13.0 Å². The third kappa shape index (κ3) is 3.99. The lowest BCUT2D eigenvalue weighted by Gasteiger charge is -2.21. The smallest absolute Gasteiger partial charge is 0.265 e. The lowest BCUT2D eigenvalue weighted by atomic mass is 10.2. The van der Waals surface area contributed by atoms with E-state index in [2.05, 4.69) is 5.32 Å². The molecule has 1 saturated heterocycles. The Labute approximate surface area is 147 Å². The van der Waals surface area contributed by atoms with Gasteiger partial charge in [-0.15, -0.1) is 0 Å². The summed E-state index contributed by atoms with van der Waals surface area (Å²) in [6.45, 7) is 4.39. The number of anilines is 2. The lowest BCUT2D eigenvalue weighted by Crippen LogP contribution is -2.31. The van der Waals surface area contributed by atoms with Crippen molar-refractivity contribution in [3.05, 3.63) is 54.1 Å². The van der Waals surface area contributed by atoms with Gasteiger partial charge in [-0.25, -0.2) is 0 Å².